The van der Waals surface area contributed by atoms with Crippen LogP contribution in [0.3, 0.4) is 0 Å². The van der Waals surface area contributed by atoms with Crippen molar-refractivity contribution in [2.75, 3.05) is 0 Å². The predicted octanol–water partition coefficient (Wildman–Crippen LogP) is 6.41. The molecule has 0 aromatic heterocycles. The smallest absolute Gasteiger partial charge is 0.241 e. The minimum atomic E-state index is -0.466. The van der Waals surface area contributed by atoms with E-state index in [9.17, 15) is 4.79 Å². The van der Waals surface area contributed by atoms with E-state index in [1.165, 1.54) is 11.6 Å². The van der Waals surface area contributed by atoms with Crippen molar-refractivity contribution in [3.8, 4) is 16.9 Å². The number of ether oxygens (including phenoxy) is 1. The molecule has 0 saturated heterocycles. The molecule has 3 aromatic rings. The van der Waals surface area contributed by atoms with Gasteiger partial charge in [0.15, 0.2) is 0 Å². The van der Waals surface area contributed by atoms with Crippen molar-refractivity contribution in [3.05, 3.63) is 114 Å². The lowest BCUT2D eigenvalue weighted by Gasteiger charge is -2.15. The summed E-state index contributed by atoms with van der Waals surface area (Å²) in [6, 6.07) is 24.5. The number of hydrogen-bond donors (Lipinski definition) is 1. The first kappa shape index (κ1) is 21.4. The maximum Gasteiger partial charge on any atom is 0.241 e. The third-order valence-corrected chi connectivity index (χ3v) is 5.47. The van der Waals surface area contributed by atoms with Crippen LogP contribution in [0.4, 0.5) is 0 Å². The number of rotatable bonds is 7. The molecule has 1 aliphatic rings. The highest BCUT2D eigenvalue weighted by Crippen LogP contribution is 2.32. The normalized spacial score (nSPS) is 15.5. The van der Waals surface area contributed by atoms with Crippen LogP contribution >= 0.6 is 0 Å². The molecule has 0 saturated carbocycles. The van der Waals surface area contributed by atoms with E-state index >= 15 is 0 Å². The lowest BCUT2D eigenvalue weighted by Crippen LogP contribution is -2.05. The number of nitrogens with two attached hydrogens (primary N) is 1. The van der Waals surface area contributed by atoms with E-state index in [0.717, 1.165) is 40.0 Å². The van der Waals surface area contributed by atoms with E-state index in [-0.39, 0.29) is 0 Å². The molecule has 1 amide bonds. The Morgan fingerprint density at radius 2 is 1.88 bits per heavy atom. The average Bonchev–Trinajstić information content (AvgIpc) is 2.82. The summed E-state index contributed by atoms with van der Waals surface area (Å²) < 4.78 is 6.01. The van der Waals surface area contributed by atoms with Gasteiger partial charge in [-0.25, -0.2) is 0 Å². The van der Waals surface area contributed by atoms with Gasteiger partial charge >= 0.3 is 0 Å². The van der Waals surface area contributed by atoms with Gasteiger partial charge in [0.1, 0.15) is 12.4 Å². The summed E-state index contributed by atoms with van der Waals surface area (Å²) in [5.41, 5.74) is 11.8. The van der Waals surface area contributed by atoms with E-state index < -0.39 is 5.91 Å². The molecular weight excluding hydrogens is 394 g/mol. The Bertz CT molecular complexity index is 1190. The zero-order valence-corrected chi connectivity index (χ0v) is 18.2. The molecule has 0 spiro atoms. The van der Waals surface area contributed by atoms with Crippen LogP contribution in [0.1, 0.15) is 30.0 Å². The summed E-state index contributed by atoms with van der Waals surface area (Å²) in [5, 5.41) is 0. The van der Waals surface area contributed by atoms with Crippen LogP contribution in [0.5, 0.6) is 5.75 Å². The molecule has 1 atom stereocenters. The molecule has 32 heavy (non-hydrogen) atoms. The van der Waals surface area contributed by atoms with Crippen molar-refractivity contribution in [3.63, 3.8) is 0 Å². The van der Waals surface area contributed by atoms with E-state index in [4.69, 9.17) is 10.5 Å². The van der Waals surface area contributed by atoms with Gasteiger partial charge in [-0.15, -0.1) is 0 Å². The Hall–Kier alpha value is -3.85. The van der Waals surface area contributed by atoms with Gasteiger partial charge in [0.25, 0.3) is 0 Å². The summed E-state index contributed by atoms with van der Waals surface area (Å²) in [7, 11) is 0. The summed E-state index contributed by atoms with van der Waals surface area (Å²) in [4.78, 5) is 11.4. The topological polar surface area (TPSA) is 52.3 Å². The molecule has 0 bridgehead atoms. The fourth-order valence-corrected chi connectivity index (χ4v) is 3.84. The second kappa shape index (κ2) is 9.97. The van der Waals surface area contributed by atoms with Crippen molar-refractivity contribution in [2.45, 2.75) is 20.0 Å². The molecule has 3 nitrogen and oxygen atoms in total. The van der Waals surface area contributed by atoms with Crippen LogP contribution < -0.4 is 10.5 Å². The van der Waals surface area contributed by atoms with Crippen molar-refractivity contribution in [2.24, 2.45) is 11.7 Å². The third-order valence-electron chi connectivity index (χ3n) is 5.47. The Balaban J connectivity index is 1.66. The van der Waals surface area contributed by atoms with E-state index in [1.807, 2.05) is 54.6 Å². The number of benzene rings is 3. The zero-order chi connectivity index (χ0) is 22.3. The predicted molar refractivity (Wildman–Crippen MR) is 132 cm³/mol. The molecule has 1 unspecified atom stereocenters. The minimum Gasteiger partial charge on any atom is -0.489 e. The van der Waals surface area contributed by atoms with Gasteiger partial charge in [-0.2, -0.15) is 0 Å². The van der Waals surface area contributed by atoms with Crippen molar-refractivity contribution >= 4 is 17.6 Å². The van der Waals surface area contributed by atoms with E-state index in [2.05, 4.69) is 43.4 Å². The van der Waals surface area contributed by atoms with Crippen molar-refractivity contribution in [1.82, 2.24) is 0 Å². The molecular formula is C29H27NO2. The number of allylic oxidation sites excluding steroid dienone is 4. The van der Waals surface area contributed by atoms with Gasteiger partial charge in [0.2, 0.25) is 5.91 Å². The first-order valence-corrected chi connectivity index (χ1v) is 10.9. The molecule has 160 valence electrons. The van der Waals surface area contributed by atoms with Crippen LogP contribution in [0.25, 0.3) is 22.8 Å². The summed E-state index contributed by atoms with van der Waals surface area (Å²) in [6.45, 7) is 2.73. The standard InChI is InChI=1S/C29H27NO2/c1-21-7-5-10-23(17-21)24-13-15-28(26(18-24)14-16-29(30)31)25-11-6-12-27(19-25)32-20-22-8-3-2-4-9-22/h2-6,8-19,21H,7,20H2,1H3,(H2,30,31)/b16-14+. The molecule has 2 N–H and O–H groups in total. The second-order valence-electron chi connectivity index (χ2n) is 8.08. The number of hydrogen-bond acceptors (Lipinski definition) is 2. The van der Waals surface area contributed by atoms with Crippen LogP contribution in [-0.4, -0.2) is 5.91 Å². The Morgan fingerprint density at radius 1 is 1.03 bits per heavy atom. The second-order valence-corrected chi connectivity index (χ2v) is 8.08. The Labute approximate surface area is 189 Å². The molecule has 4 rings (SSSR count). The SMILES string of the molecule is CC1C=C(c2ccc(-c3cccc(OCc4ccccc4)c3)c(/C=C/C(N)=O)c2)C=CC1. The Kier molecular flexibility index (Phi) is 6.66. The quantitative estimate of drug-likeness (QED) is 0.448. The first-order chi connectivity index (χ1) is 15.6. The maximum atomic E-state index is 11.4. The van der Waals surface area contributed by atoms with Gasteiger partial charge in [-0.1, -0.05) is 79.7 Å². The van der Waals surface area contributed by atoms with Crippen LogP contribution in [0.15, 0.2) is 97.1 Å². The fourth-order valence-electron chi connectivity index (χ4n) is 3.84. The molecule has 0 radical (unpaired) electrons. The van der Waals surface area contributed by atoms with Gasteiger partial charge in [-0.3, -0.25) is 4.79 Å². The van der Waals surface area contributed by atoms with Crippen LogP contribution in [0.2, 0.25) is 0 Å². The molecule has 3 aromatic carbocycles. The molecule has 0 heterocycles. The van der Waals surface area contributed by atoms with E-state index in [1.54, 1.807) is 6.08 Å². The van der Waals surface area contributed by atoms with Crippen molar-refractivity contribution in [1.29, 1.82) is 0 Å². The summed E-state index contributed by atoms with van der Waals surface area (Å²) in [6.07, 6.45) is 10.9. The average molecular weight is 422 g/mol. The number of carbonyl (C=O) groups is 1. The van der Waals surface area contributed by atoms with Crippen LogP contribution in [-0.2, 0) is 11.4 Å². The summed E-state index contributed by atoms with van der Waals surface area (Å²) >= 11 is 0. The van der Waals surface area contributed by atoms with Gasteiger partial charge in [-0.05, 0) is 70.0 Å². The molecule has 3 heteroatoms. The summed E-state index contributed by atoms with van der Waals surface area (Å²) in [5.74, 6) is 0.844. The van der Waals surface area contributed by atoms with Gasteiger partial charge in [0.05, 0.1) is 0 Å². The van der Waals surface area contributed by atoms with Gasteiger partial charge < -0.3 is 10.5 Å². The monoisotopic (exact) mass is 421 g/mol. The third kappa shape index (κ3) is 5.44. The lowest BCUT2D eigenvalue weighted by atomic mass is 9.90. The lowest BCUT2D eigenvalue weighted by molar-refractivity contribution is -0.113. The van der Waals surface area contributed by atoms with Gasteiger partial charge in [0, 0.05) is 6.08 Å². The van der Waals surface area contributed by atoms with E-state index in [0.29, 0.717) is 12.5 Å². The molecule has 0 aliphatic heterocycles. The highest BCUT2D eigenvalue weighted by atomic mass is 16.5. The Morgan fingerprint density at radius 3 is 2.66 bits per heavy atom. The number of carbonyl (C=O) groups excluding carboxylic acids is 1. The minimum absolute atomic E-state index is 0.466. The largest absolute Gasteiger partial charge is 0.489 e. The fraction of sp³-hybridized carbons (Fsp3) is 0.138. The maximum absolute atomic E-state index is 11.4. The first-order valence-electron chi connectivity index (χ1n) is 10.9. The number of amides is 1. The highest BCUT2D eigenvalue weighted by Gasteiger charge is 2.11. The van der Waals surface area contributed by atoms with Crippen molar-refractivity contribution < 1.29 is 9.53 Å². The molecule has 0 fully saturated rings. The molecule has 1 aliphatic carbocycles. The highest BCUT2D eigenvalue weighted by molar-refractivity contribution is 5.92. The zero-order valence-electron chi connectivity index (χ0n) is 18.2. The van der Waals surface area contributed by atoms with Crippen LogP contribution in [0, 0.1) is 5.92 Å². The number of primary amides is 1.